The quantitative estimate of drug-likeness (QED) is 0.614. The Balaban J connectivity index is 3.55. The van der Waals surface area contributed by atoms with Crippen molar-refractivity contribution < 1.29 is 34.8 Å². The van der Waals surface area contributed by atoms with Crippen molar-refractivity contribution in [3.05, 3.63) is 23.8 Å². The molecule has 0 aliphatic rings. The molecule has 0 spiro atoms. The molecule has 0 aliphatic heterocycles. The van der Waals surface area contributed by atoms with Gasteiger partial charge in [0.1, 0.15) is 0 Å². The summed E-state index contributed by atoms with van der Waals surface area (Å²) >= 11 is 0.708. The van der Waals surface area contributed by atoms with Crippen molar-refractivity contribution >= 4 is 21.6 Å². The van der Waals surface area contributed by atoms with Crippen LogP contribution in [0.15, 0.2) is 28.0 Å². The van der Waals surface area contributed by atoms with Crippen molar-refractivity contribution in [2.45, 2.75) is 21.5 Å². The number of hydrogen-bond acceptors (Lipinski definition) is 3. The van der Waals surface area contributed by atoms with E-state index in [4.69, 9.17) is 0 Å². The second-order valence-electron chi connectivity index (χ2n) is 3.34. The summed E-state index contributed by atoms with van der Waals surface area (Å²) in [5.74, 6) is 0. The van der Waals surface area contributed by atoms with Gasteiger partial charge in [-0.15, -0.1) is 11.8 Å². The maximum Gasteiger partial charge on any atom is 0.501 e. The molecule has 19 heavy (non-hydrogen) atoms. The molecule has 108 valence electrons. The van der Waals surface area contributed by atoms with Gasteiger partial charge in [0.05, 0.1) is 10.5 Å². The number of rotatable bonds is 2. The fraction of sp³-hybridized carbons (Fsp3) is 0.333. The van der Waals surface area contributed by atoms with E-state index in [1.807, 2.05) is 0 Å². The van der Waals surface area contributed by atoms with E-state index in [2.05, 4.69) is 0 Å². The predicted molar refractivity (Wildman–Crippen MR) is 56.5 cm³/mol. The van der Waals surface area contributed by atoms with E-state index in [1.165, 1.54) is 6.26 Å². The summed E-state index contributed by atoms with van der Waals surface area (Å²) in [7, 11) is -5.81. The Morgan fingerprint density at radius 3 is 1.89 bits per heavy atom. The van der Waals surface area contributed by atoms with Gasteiger partial charge in [-0.1, -0.05) is 0 Å². The molecule has 0 atom stereocenters. The summed E-state index contributed by atoms with van der Waals surface area (Å²) in [4.78, 5) is -1.64. The Bertz CT molecular complexity index is 573. The first-order valence-electron chi connectivity index (χ1n) is 4.47. The van der Waals surface area contributed by atoms with Crippen LogP contribution in [0.25, 0.3) is 0 Å². The lowest BCUT2D eigenvalue weighted by atomic mass is 10.2. The highest BCUT2D eigenvalue weighted by atomic mass is 32.2. The Morgan fingerprint density at radius 2 is 1.53 bits per heavy atom. The first-order chi connectivity index (χ1) is 8.39. The molecule has 0 aliphatic carbocycles. The molecule has 0 radical (unpaired) electrons. The Labute approximate surface area is 108 Å². The highest BCUT2D eigenvalue weighted by Crippen LogP contribution is 2.37. The van der Waals surface area contributed by atoms with Gasteiger partial charge in [-0.25, -0.2) is 8.42 Å². The molecule has 1 aromatic rings. The fourth-order valence-corrected chi connectivity index (χ4v) is 2.54. The number of halogens is 6. The minimum atomic E-state index is -5.81. The molecule has 0 saturated heterocycles. The standard InChI is InChI=1S/C9H6F6O2S2/c1-18-6-2-5(8(10,11)12)3-7(4-6)19(16,17)9(13,14)15/h2-4H,1H3. The Kier molecular flexibility index (Phi) is 4.16. The molecule has 1 aromatic carbocycles. The van der Waals surface area contributed by atoms with Gasteiger partial charge in [0, 0.05) is 4.90 Å². The Hall–Kier alpha value is -0.900. The first kappa shape index (κ1) is 16.2. The van der Waals surface area contributed by atoms with Crippen molar-refractivity contribution in [2.75, 3.05) is 6.26 Å². The molecule has 0 heterocycles. The van der Waals surface area contributed by atoms with Crippen LogP contribution in [-0.2, 0) is 16.0 Å². The number of alkyl halides is 6. The second-order valence-corrected chi connectivity index (χ2v) is 6.16. The SMILES string of the molecule is CSc1cc(C(F)(F)F)cc(S(=O)(=O)C(F)(F)F)c1. The van der Waals surface area contributed by atoms with Gasteiger partial charge >= 0.3 is 11.7 Å². The minimum absolute atomic E-state index is 0.0253. The molecule has 0 amide bonds. The van der Waals surface area contributed by atoms with E-state index in [0.717, 1.165) is 0 Å². The van der Waals surface area contributed by atoms with E-state index < -0.39 is 32.0 Å². The topological polar surface area (TPSA) is 34.1 Å². The van der Waals surface area contributed by atoms with Gasteiger partial charge in [-0.3, -0.25) is 0 Å². The van der Waals surface area contributed by atoms with Crippen LogP contribution < -0.4 is 0 Å². The molecule has 0 saturated carbocycles. The molecule has 0 bridgehead atoms. The van der Waals surface area contributed by atoms with Crippen molar-refractivity contribution in [1.29, 1.82) is 0 Å². The zero-order valence-corrected chi connectivity index (χ0v) is 10.8. The van der Waals surface area contributed by atoms with E-state index >= 15 is 0 Å². The summed E-state index contributed by atoms with van der Waals surface area (Å²) in [6.07, 6.45) is -3.61. The monoisotopic (exact) mass is 324 g/mol. The summed E-state index contributed by atoms with van der Waals surface area (Å²) in [6, 6.07) is 1.12. The van der Waals surface area contributed by atoms with Crippen LogP contribution in [0.4, 0.5) is 26.3 Å². The van der Waals surface area contributed by atoms with Crippen molar-refractivity contribution in [1.82, 2.24) is 0 Å². The Morgan fingerprint density at radius 1 is 1.00 bits per heavy atom. The van der Waals surface area contributed by atoms with Gasteiger partial charge in [0.15, 0.2) is 0 Å². The highest BCUT2D eigenvalue weighted by Gasteiger charge is 2.47. The van der Waals surface area contributed by atoms with Crippen molar-refractivity contribution in [3.63, 3.8) is 0 Å². The molecule has 0 fully saturated rings. The molecule has 0 N–H and O–H groups in total. The maximum atomic E-state index is 12.5. The largest absolute Gasteiger partial charge is 0.501 e. The molecule has 0 unspecified atom stereocenters. The van der Waals surface area contributed by atoms with Crippen LogP contribution >= 0.6 is 11.8 Å². The second kappa shape index (κ2) is 4.89. The average molecular weight is 324 g/mol. The minimum Gasteiger partial charge on any atom is -0.214 e. The summed E-state index contributed by atoms with van der Waals surface area (Å²) < 4.78 is 96.6. The predicted octanol–water partition coefficient (Wildman–Crippen LogP) is 3.72. The molecule has 10 heteroatoms. The lowest BCUT2D eigenvalue weighted by Gasteiger charge is -2.13. The highest BCUT2D eigenvalue weighted by molar-refractivity contribution is 7.98. The van der Waals surface area contributed by atoms with E-state index in [1.54, 1.807) is 0 Å². The van der Waals surface area contributed by atoms with Crippen molar-refractivity contribution in [3.8, 4) is 0 Å². The number of benzene rings is 1. The molecular weight excluding hydrogens is 318 g/mol. The lowest BCUT2D eigenvalue weighted by molar-refractivity contribution is -0.137. The van der Waals surface area contributed by atoms with Gasteiger partial charge in [-0.05, 0) is 24.5 Å². The zero-order valence-electron chi connectivity index (χ0n) is 9.13. The van der Waals surface area contributed by atoms with Crippen LogP contribution in [-0.4, -0.2) is 20.2 Å². The van der Waals surface area contributed by atoms with Gasteiger partial charge in [-0.2, -0.15) is 26.3 Å². The van der Waals surface area contributed by atoms with E-state index in [0.29, 0.717) is 23.9 Å². The third-order valence-corrected chi connectivity index (χ3v) is 4.23. The van der Waals surface area contributed by atoms with Crippen LogP contribution in [0.5, 0.6) is 0 Å². The third-order valence-electron chi connectivity index (χ3n) is 2.06. The van der Waals surface area contributed by atoms with Gasteiger partial charge in [0.25, 0.3) is 9.84 Å². The van der Waals surface area contributed by atoms with E-state index in [-0.39, 0.29) is 11.0 Å². The maximum absolute atomic E-state index is 12.5. The third kappa shape index (κ3) is 3.35. The average Bonchev–Trinajstić information content (AvgIpc) is 2.25. The smallest absolute Gasteiger partial charge is 0.214 e. The van der Waals surface area contributed by atoms with Gasteiger partial charge < -0.3 is 0 Å². The van der Waals surface area contributed by atoms with Gasteiger partial charge in [0.2, 0.25) is 0 Å². The summed E-state index contributed by atoms with van der Waals surface area (Å²) in [5, 5.41) is 0. The number of thioether (sulfide) groups is 1. The summed E-state index contributed by atoms with van der Waals surface area (Å²) in [5.41, 5.74) is -7.09. The zero-order chi connectivity index (χ0) is 15.1. The van der Waals surface area contributed by atoms with Crippen LogP contribution in [0.3, 0.4) is 0 Å². The van der Waals surface area contributed by atoms with Crippen molar-refractivity contribution in [2.24, 2.45) is 0 Å². The summed E-state index contributed by atoms with van der Waals surface area (Å²) in [6.45, 7) is 0. The van der Waals surface area contributed by atoms with Crippen LogP contribution in [0.1, 0.15) is 5.56 Å². The van der Waals surface area contributed by atoms with Crippen LogP contribution in [0, 0.1) is 0 Å². The molecule has 0 aromatic heterocycles. The first-order valence-corrected chi connectivity index (χ1v) is 7.18. The van der Waals surface area contributed by atoms with E-state index in [9.17, 15) is 34.8 Å². The molecule has 2 nitrogen and oxygen atoms in total. The van der Waals surface area contributed by atoms with Crippen LogP contribution in [0.2, 0.25) is 0 Å². The lowest BCUT2D eigenvalue weighted by Crippen LogP contribution is -2.23. The number of sulfone groups is 1. The normalized spacial score (nSPS) is 13.6. The molecule has 1 rings (SSSR count). The fourth-order valence-electron chi connectivity index (χ4n) is 1.14. The number of hydrogen-bond donors (Lipinski definition) is 0. The molecular formula is C9H6F6O2S2.